The van der Waals surface area contributed by atoms with E-state index >= 15 is 0 Å². The maximum atomic E-state index is 13.9. The fraction of sp³-hybridized carbons (Fsp3) is 0.393. The van der Waals surface area contributed by atoms with Crippen LogP contribution in [-0.4, -0.2) is 64.0 Å². The molecule has 0 saturated carbocycles. The third-order valence-corrected chi connectivity index (χ3v) is 9.19. The molecule has 1 fully saturated rings. The Hall–Kier alpha value is -4.05. The Morgan fingerprint density at radius 3 is 2.60 bits per heavy atom. The summed E-state index contributed by atoms with van der Waals surface area (Å²) in [5.41, 5.74) is -0.685. The normalized spacial score (nSPS) is 17.6. The van der Waals surface area contributed by atoms with Gasteiger partial charge in [-0.25, -0.2) is 9.97 Å². The lowest BCUT2D eigenvalue weighted by molar-refractivity contribution is -0.137. The third-order valence-electron chi connectivity index (χ3n) is 8.54. The summed E-state index contributed by atoms with van der Waals surface area (Å²) >= 11 is 9.27. The van der Waals surface area contributed by atoms with Crippen molar-refractivity contribution in [2.24, 2.45) is 0 Å². The number of benzene rings is 1. The van der Waals surface area contributed by atoms with Crippen LogP contribution in [-0.2, 0) is 22.9 Å². The van der Waals surface area contributed by atoms with Crippen LogP contribution in [0.3, 0.4) is 0 Å². The number of carbonyl (C=O) groups is 2. The van der Waals surface area contributed by atoms with Crippen LogP contribution in [0.4, 0.5) is 18.9 Å². The zero-order valence-electron chi connectivity index (χ0n) is 23.8. The zero-order chi connectivity index (χ0) is 32.4. The number of hydrogen-bond donors (Lipinski definition) is 2. The number of halogens is 5. The van der Waals surface area contributed by atoms with Gasteiger partial charge in [0.15, 0.2) is 11.4 Å². The summed E-state index contributed by atoms with van der Waals surface area (Å²) in [6, 6.07) is 2.64. The van der Waals surface area contributed by atoms with Crippen LogP contribution in [0.1, 0.15) is 65.1 Å². The van der Waals surface area contributed by atoms with Crippen molar-refractivity contribution in [1.29, 1.82) is 0 Å². The van der Waals surface area contributed by atoms with Crippen molar-refractivity contribution in [3.63, 3.8) is 0 Å². The quantitative estimate of drug-likeness (QED) is 0.316. The molecule has 0 bridgehead atoms. The van der Waals surface area contributed by atoms with Crippen LogP contribution in [0.5, 0.6) is 5.75 Å². The summed E-state index contributed by atoms with van der Waals surface area (Å²) in [6.07, 6.45) is -1.94. The average Bonchev–Trinajstić information content (AvgIpc) is 3.50. The lowest BCUT2D eigenvalue weighted by Crippen LogP contribution is -2.46. The summed E-state index contributed by atoms with van der Waals surface area (Å²) in [4.78, 5) is 54.2. The average molecular weight is 710 g/mol. The van der Waals surface area contributed by atoms with Gasteiger partial charge in [0, 0.05) is 29.8 Å². The number of fused-ring (bicyclic) bond motifs is 3. The van der Waals surface area contributed by atoms with Gasteiger partial charge in [0.2, 0.25) is 16.4 Å². The van der Waals surface area contributed by atoms with E-state index in [9.17, 15) is 32.7 Å². The van der Waals surface area contributed by atoms with E-state index in [1.807, 2.05) is 6.92 Å². The molecule has 1 aliphatic carbocycles. The second kappa shape index (κ2) is 11.1. The molecule has 1 aromatic carbocycles. The van der Waals surface area contributed by atoms with E-state index in [1.165, 1.54) is 6.33 Å². The number of aryl methyl sites for hydroxylation is 1. The largest absolute Gasteiger partial charge is 0.504 e. The fourth-order valence-corrected chi connectivity index (χ4v) is 7.04. The van der Waals surface area contributed by atoms with Gasteiger partial charge in [-0.05, 0) is 66.2 Å². The maximum Gasteiger partial charge on any atom is 0.416 e. The Bertz CT molecular complexity index is 1940. The van der Waals surface area contributed by atoms with Crippen LogP contribution in [0.15, 0.2) is 34.1 Å². The highest BCUT2D eigenvalue weighted by Crippen LogP contribution is 2.50. The molecule has 12 nitrogen and oxygen atoms in total. The Balaban J connectivity index is 1.32. The molecular formula is C28H25BrClF3N8O4. The summed E-state index contributed by atoms with van der Waals surface area (Å²) in [6.45, 7) is 3.77. The van der Waals surface area contributed by atoms with E-state index < -0.39 is 29.0 Å². The van der Waals surface area contributed by atoms with Crippen molar-refractivity contribution in [2.75, 3.05) is 18.4 Å². The molecule has 6 rings (SSSR count). The van der Waals surface area contributed by atoms with Crippen LogP contribution in [0.25, 0.3) is 5.78 Å². The molecule has 236 valence electrons. The molecule has 17 heteroatoms. The Morgan fingerprint density at radius 1 is 1.22 bits per heavy atom. The van der Waals surface area contributed by atoms with Gasteiger partial charge < -0.3 is 19.9 Å². The van der Waals surface area contributed by atoms with E-state index in [4.69, 9.17) is 11.6 Å². The Kier molecular flexibility index (Phi) is 7.62. The minimum Gasteiger partial charge on any atom is -0.504 e. The van der Waals surface area contributed by atoms with Crippen molar-refractivity contribution in [3.8, 4) is 5.75 Å². The van der Waals surface area contributed by atoms with Gasteiger partial charge in [-0.15, -0.1) is 5.10 Å². The molecule has 4 heterocycles. The molecule has 2 N–H and O–H groups in total. The fourth-order valence-electron chi connectivity index (χ4n) is 6.49. The van der Waals surface area contributed by atoms with E-state index in [-0.39, 0.29) is 56.4 Å². The number of nitrogens with one attached hydrogen (secondary N) is 1. The maximum absolute atomic E-state index is 13.9. The van der Waals surface area contributed by atoms with Gasteiger partial charge in [-0.3, -0.25) is 14.4 Å². The number of nitrogens with zero attached hydrogens (tertiary/aromatic N) is 7. The Morgan fingerprint density at radius 2 is 1.93 bits per heavy atom. The number of piperidine rings is 1. The van der Waals surface area contributed by atoms with E-state index in [1.54, 1.807) is 16.4 Å². The van der Waals surface area contributed by atoms with Gasteiger partial charge in [0.05, 0.1) is 22.0 Å². The minimum absolute atomic E-state index is 0.00231. The predicted octanol–water partition coefficient (Wildman–Crippen LogP) is 4.45. The second-order valence-electron chi connectivity index (χ2n) is 11.3. The zero-order valence-corrected chi connectivity index (χ0v) is 26.2. The molecule has 0 radical (unpaired) electrons. The number of rotatable bonds is 4. The SMILES string of the molecule is Cc1ncnc(C(=O)N2CCC3(CC2)CC(C)c2c3c(=O)n3nc(Br)nc3n2CC(=O)Nc2ccc(C(F)(F)F)cc2Cl)c1O. The number of aromatic hydroxyl groups is 1. The summed E-state index contributed by atoms with van der Waals surface area (Å²) in [7, 11) is 0. The number of aromatic nitrogens is 6. The molecule has 1 aliphatic heterocycles. The predicted molar refractivity (Wildman–Crippen MR) is 158 cm³/mol. The van der Waals surface area contributed by atoms with Gasteiger partial charge in [-0.2, -0.15) is 22.7 Å². The first-order valence-corrected chi connectivity index (χ1v) is 15.0. The molecule has 1 atom stereocenters. The lowest BCUT2D eigenvalue weighted by atomic mass is 9.73. The molecule has 2 amide bonds. The first kappa shape index (κ1) is 31.0. The van der Waals surface area contributed by atoms with Crippen molar-refractivity contribution < 1.29 is 27.9 Å². The van der Waals surface area contributed by atoms with Gasteiger partial charge in [0.25, 0.3) is 11.5 Å². The molecule has 4 aromatic rings. The summed E-state index contributed by atoms with van der Waals surface area (Å²) < 4.78 is 42.1. The first-order valence-electron chi connectivity index (χ1n) is 13.9. The van der Waals surface area contributed by atoms with Crippen molar-refractivity contribution in [2.45, 2.75) is 57.2 Å². The molecule has 3 aromatic heterocycles. The molecule has 1 unspecified atom stereocenters. The summed E-state index contributed by atoms with van der Waals surface area (Å²) in [5, 5.41) is 16.8. The lowest BCUT2D eigenvalue weighted by Gasteiger charge is -2.39. The van der Waals surface area contributed by atoms with E-state index in [0.717, 1.165) is 22.7 Å². The standard InChI is InChI=1S/C28H25BrClF3N8O4/c1-13-10-27(5-7-39(8-6-27)24(45)20-22(43)14(2)34-12-35-20)19-21(13)40(26-37-25(29)38-41(26)23(19)44)11-18(42)36-17-4-3-15(9-16(17)30)28(31,32)33/h3-4,9,12-13,43H,5-8,10-11H2,1-2H3,(H,36,42). The molecule has 1 spiro atoms. The summed E-state index contributed by atoms with van der Waals surface area (Å²) in [5.74, 6) is -1.39. The van der Waals surface area contributed by atoms with Crippen LogP contribution in [0, 0.1) is 6.92 Å². The van der Waals surface area contributed by atoms with Crippen LogP contribution < -0.4 is 10.9 Å². The van der Waals surface area contributed by atoms with Crippen molar-refractivity contribution in [3.05, 3.63) is 72.8 Å². The minimum atomic E-state index is -4.60. The molecule has 45 heavy (non-hydrogen) atoms. The van der Waals surface area contributed by atoms with Gasteiger partial charge in [0.1, 0.15) is 12.9 Å². The molecular weight excluding hydrogens is 685 g/mol. The third kappa shape index (κ3) is 5.32. The molecule has 1 saturated heterocycles. The Labute approximate surface area is 266 Å². The van der Waals surface area contributed by atoms with Gasteiger partial charge in [-0.1, -0.05) is 18.5 Å². The number of alkyl halides is 3. The van der Waals surface area contributed by atoms with Crippen LogP contribution >= 0.6 is 27.5 Å². The monoisotopic (exact) mass is 708 g/mol. The number of carbonyl (C=O) groups excluding carboxylic acids is 2. The highest BCUT2D eigenvalue weighted by Gasteiger charge is 2.49. The van der Waals surface area contributed by atoms with E-state index in [2.05, 4.69) is 41.3 Å². The second-order valence-corrected chi connectivity index (χ2v) is 12.4. The smallest absolute Gasteiger partial charge is 0.416 e. The topological polar surface area (TPSA) is 148 Å². The number of anilines is 1. The molecule has 2 aliphatic rings. The van der Waals surface area contributed by atoms with E-state index in [0.29, 0.717) is 43.6 Å². The number of amides is 2. The highest BCUT2D eigenvalue weighted by atomic mass is 79.9. The van der Waals surface area contributed by atoms with Crippen LogP contribution in [0.2, 0.25) is 5.02 Å². The van der Waals surface area contributed by atoms with Gasteiger partial charge >= 0.3 is 6.18 Å². The van der Waals surface area contributed by atoms with Crippen molar-refractivity contribution >= 4 is 50.8 Å². The number of likely N-dealkylation sites (tertiary alicyclic amines) is 1. The first-order chi connectivity index (χ1) is 21.2. The number of hydrogen-bond acceptors (Lipinski definition) is 8. The van der Waals surface area contributed by atoms with Crippen molar-refractivity contribution in [1.82, 2.24) is 34.0 Å². The highest BCUT2D eigenvalue weighted by molar-refractivity contribution is 9.10.